The fraction of sp³-hybridized carbons (Fsp3) is 0.333. The van der Waals surface area contributed by atoms with Gasteiger partial charge in [0.05, 0.1) is 5.92 Å². The topological polar surface area (TPSA) is 83.6 Å². The molecular weight excluding hydrogens is 220 g/mol. The molecule has 3 N–H and O–H groups in total. The van der Waals surface area contributed by atoms with Gasteiger partial charge >= 0.3 is 5.97 Å². The molecule has 0 unspecified atom stereocenters. The number of carbonyl (C=O) groups excluding carboxylic acids is 1. The molecule has 0 saturated carbocycles. The number of carboxylic acid groups (broad SMARTS) is 1. The highest BCUT2D eigenvalue weighted by molar-refractivity contribution is 5.85. The smallest absolute Gasteiger partial charge is 0.310 e. The van der Waals surface area contributed by atoms with Crippen LogP contribution in [0, 0.1) is 5.92 Å². The van der Waals surface area contributed by atoms with Gasteiger partial charge in [-0.25, -0.2) is 0 Å². The molecule has 1 fully saturated rings. The quantitative estimate of drug-likeness (QED) is 0.784. The highest BCUT2D eigenvalue weighted by Crippen LogP contribution is 2.21. The number of carbonyl (C=O) groups is 2. The van der Waals surface area contributed by atoms with Crippen molar-refractivity contribution in [1.29, 1.82) is 0 Å². The Labute approximate surface area is 98.8 Å². The Bertz CT molecular complexity index is 427. The van der Waals surface area contributed by atoms with E-state index in [0.29, 0.717) is 0 Å². The van der Waals surface area contributed by atoms with Crippen LogP contribution in [0.25, 0.3) is 0 Å². The van der Waals surface area contributed by atoms with Crippen LogP contribution in [0.2, 0.25) is 0 Å². The minimum atomic E-state index is -0.859. The largest absolute Gasteiger partial charge is 0.481 e. The maximum absolute atomic E-state index is 11.9. The summed E-state index contributed by atoms with van der Waals surface area (Å²) in [6.07, 6.45) is 0. The van der Waals surface area contributed by atoms with Crippen LogP contribution >= 0.6 is 0 Å². The lowest BCUT2D eigenvalue weighted by atomic mass is 9.97. The molecule has 1 atom stereocenters. The summed E-state index contributed by atoms with van der Waals surface area (Å²) in [5.41, 5.74) is 6.58. The minimum absolute atomic E-state index is 0.214. The molecule has 1 aromatic carbocycles. The number of nitrogens with zero attached hydrogens (tertiary/aromatic N) is 1. The molecule has 0 spiro atoms. The molecule has 1 saturated heterocycles. The van der Waals surface area contributed by atoms with Crippen LogP contribution in [-0.2, 0) is 9.59 Å². The number of benzene rings is 1. The average molecular weight is 234 g/mol. The van der Waals surface area contributed by atoms with E-state index in [-0.39, 0.29) is 19.0 Å². The number of rotatable bonds is 3. The first-order chi connectivity index (χ1) is 8.09. The van der Waals surface area contributed by atoms with Gasteiger partial charge in [-0.1, -0.05) is 30.3 Å². The normalized spacial score (nSPS) is 17.4. The van der Waals surface area contributed by atoms with Gasteiger partial charge in [-0.3, -0.25) is 9.59 Å². The minimum Gasteiger partial charge on any atom is -0.481 e. The number of carboxylic acids is 1. The summed E-state index contributed by atoms with van der Waals surface area (Å²) in [6, 6.07) is 8.36. The van der Waals surface area contributed by atoms with Crippen LogP contribution in [0.1, 0.15) is 11.6 Å². The van der Waals surface area contributed by atoms with Crippen molar-refractivity contribution in [2.45, 2.75) is 6.04 Å². The number of nitrogens with two attached hydrogens (primary N) is 1. The molecule has 5 heteroatoms. The molecule has 2 rings (SSSR count). The first-order valence-electron chi connectivity index (χ1n) is 5.41. The van der Waals surface area contributed by atoms with Gasteiger partial charge in [0.2, 0.25) is 5.91 Å². The zero-order valence-corrected chi connectivity index (χ0v) is 9.24. The van der Waals surface area contributed by atoms with Gasteiger partial charge in [0.15, 0.2) is 0 Å². The van der Waals surface area contributed by atoms with E-state index < -0.39 is 17.9 Å². The van der Waals surface area contributed by atoms with E-state index in [4.69, 9.17) is 10.8 Å². The first-order valence-corrected chi connectivity index (χ1v) is 5.41. The van der Waals surface area contributed by atoms with Crippen LogP contribution in [-0.4, -0.2) is 35.0 Å². The van der Waals surface area contributed by atoms with E-state index in [1.807, 2.05) is 18.2 Å². The molecule has 0 aliphatic carbocycles. The number of hydrogen-bond donors (Lipinski definition) is 2. The van der Waals surface area contributed by atoms with Crippen LogP contribution in [0.5, 0.6) is 0 Å². The summed E-state index contributed by atoms with van der Waals surface area (Å²) in [5.74, 6) is -1.52. The molecule has 5 nitrogen and oxygen atoms in total. The standard InChI is InChI=1S/C12H14N2O3/c13-10(8-4-2-1-3-5-8)11(15)14-6-9(7-14)12(16)17/h1-5,9-10H,6-7,13H2,(H,16,17)/t10-/m0/s1. The van der Waals surface area contributed by atoms with Gasteiger partial charge in [0.1, 0.15) is 6.04 Å². The fourth-order valence-electron chi connectivity index (χ4n) is 1.81. The van der Waals surface area contributed by atoms with E-state index in [0.717, 1.165) is 5.56 Å². The third-order valence-electron chi connectivity index (χ3n) is 2.97. The molecule has 17 heavy (non-hydrogen) atoms. The highest BCUT2D eigenvalue weighted by atomic mass is 16.4. The fourth-order valence-corrected chi connectivity index (χ4v) is 1.81. The number of amides is 1. The molecule has 1 aromatic rings. The van der Waals surface area contributed by atoms with Crippen molar-refractivity contribution in [3.05, 3.63) is 35.9 Å². The molecule has 0 radical (unpaired) electrons. The summed E-state index contributed by atoms with van der Waals surface area (Å²) in [7, 11) is 0. The average Bonchev–Trinajstić information content (AvgIpc) is 2.26. The second-order valence-electron chi connectivity index (χ2n) is 4.17. The van der Waals surface area contributed by atoms with Gasteiger partial charge in [0.25, 0.3) is 0 Å². The second-order valence-corrected chi connectivity index (χ2v) is 4.17. The van der Waals surface area contributed by atoms with E-state index >= 15 is 0 Å². The summed E-state index contributed by atoms with van der Waals surface area (Å²) in [4.78, 5) is 24.0. The monoisotopic (exact) mass is 234 g/mol. The third kappa shape index (κ3) is 2.29. The van der Waals surface area contributed by atoms with Gasteiger partial charge in [-0.05, 0) is 5.56 Å². The Morgan fingerprint density at radius 1 is 1.29 bits per heavy atom. The van der Waals surface area contributed by atoms with Crippen LogP contribution in [0.4, 0.5) is 0 Å². The Kier molecular flexibility index (Phi) is 3.10. The molecule has 1 amide bonds. The van der Waals surface area contributed by atoms with E-state index in [1.165, 1.54) is 4.90 Å². The first kappa shape index (κ1) is 11.6. The number of aliphatic carboxylic acids is 1. The Hall–Kier alpha value is -1.88. The zero-order chi connectivity index (χ0) is 12.4. The summed E-state index contributed by atoms with van der Waals surface area (Å²) < 4.78 is 0. The van der Waals surface area contributed by atoms with E-state index in [9.17, 15) is 9.59 Å². The lowest BCUT2D eigenvalue weighted by Gasteiger charge is -2.38. The number of likely N-dealkylation sites (tertiary alicyclic amines) is 1. The Balaban J connectivity index is 1.96. The van der Waals surface area contributed by atoms with Crippen molar-refractivity contribution in [2.24, 2.45) is 11.7 Å². The van der Waals surface area contributed by atoms with Crippen molar-refractivity contribution >= 4 is 11.9 Å². The lowest BCUT2D eigenvalue weighted by Crippen LogP contribution is -2.55. The predicted octanol–water partition coefficient (Wildman–Crippen LogP) is 0.229. The van der Waals surface area contributed by atoms with Crippen LogP contribution in [0.3, 0.4) is 0 Å². The van der Waals surface area contributed by atoms with Crippen molar-refractivity contribution in [1.82, 2.24) is 4.90 Å². The molecule has 1 aliphatic heterocycles. The van der Waals surface area contributed by atoms with Gasteiger partial charge in [-0.15, -0.1) is 0 Å². The SMILES string of the molecule is N[C@H](C(=O)N1CC(C(=O)O)C1)c1ccccc1. The lowest BCUT2D eigenvalue weighted by molar-refractivity contribution is -0.153. The van der Waals surface area contributed by atoms with Gasteiger partial charge in [0, 0.05) is 13.1 Å². The molecule has 1 heterocycles. The summed E-state index contributed by atoms with van der Waals surface area (Å²) >= 11 is 0. The molecule has 0 bridgehead atoms. The Morgan fingerprint density at radius 2 is 1.88 bits per heavy atom. The zero-order valence-electron chi connectivity index (χ0n) is 9.24. The van der Waals surface area contributed by atoms with Crippen LogP contribution < -0.4 is 5.73 Å². The Morgan fingerprint density at radius 3 is 2.41 bits per heavy atom. The van der Waals surface area contributed by atoms with Crippen molar-refractivity contribution in [2.75, 3.05) is 13.1 Å². The summed E-state index contributed by atoms with van der Waals surface area (Å²) in [6.45, 7) is 0.517. The van der Waals surface area contributed by atoms with Crippen molar-refractivity contribution in [3.63, 3.8) is 0 Å². The molecule has 0 aromatic heterocycles. The molecular formula is C12H14N2O3. The third-order valence-corrected chi connectivity index (χ3v) is 2.97. The maximum Gasteiger partial charge on any atom is 0.310 e. The molecule has 90 valence electrons. The second kappa shape index (κ2) is 4.55. The van der Waals surface area contributed by atoms with Crippen molar-refractivity contribution in [3.8, 4) is 0 Å². The summed E-state index contributed by atoms with van der Waals surface area (Å²) in [5, 5.41) is 8.72. The number of hydrogen-bond acceptors (Lipinski definition) is 3. The van der Waals surface area contributed by atoms with Crippen LogP contribution in [0.15, 0.2) is 30.3 Å². The van der Waals surface area contributed by atoms with Gasteiger partial charge < -0.3 is 15.7 Å². The maximum atomic E-state index is 11.9. The highest BCUT2D eigenvalue weighted by Gasteiger charge is 2.37. The van der Waals surface area contributed by atoms with Crippen molar-refractivity contribution < 1.29 is 14.7 Å². The molecule has 1 aliphatic rings. The van der Waals surface area contributed by atoms with E-state index in [1.54, 1.807) is 12.1 Å². The predicted molar refractivity (Wildman–Crippen MR) is 61.1 cm³/mol. The van der Waals surface area contributed by atoms with E-state index in [2.05, 4.69) is 0 Å². The van der Waals surface area contributed by atoms with Gasteiger partial charge in [-0.2, -0.15) is 0 Å².